The molecule has 0 unspecified atom stereocenters. The number of rotatable bonds is 2. The highest BCUT2D eigenvalue weighted by Crippen LogP contribution is 2.58. The summed E-state index contributed by atoms with van der Waals surface area (Å²) in [7, 11) is 0. The summed E-state index contributed by atoms with van der Waals surface area (Å²) < 4.78 is 2.31. The standard InChI is InChI=1S/C15H23N3/c1-2-13-8-14(16)17-18(13)15-11-4-9-3-10(6-11)7-12(15)5-9/h8-12,15H,2-7H2,1H3,(H2,16,17). The van der Waals surface area contributed by atoms with Crippen LogP contribution in [0.3, 0.4) is 0 Å². The second-order valence-electron chi connectivity index (χ2n) is 6.78. The number of aryl methyl sites for hydroxylation is 1. The molecule has 4 aliphatic carbocycles. The van der Waals surface area contributed by atoms with E-state index in [0.29, 0.717) is 11.9 Å². The van der Waals surface area contributed by atoms with E-state index in [4.69, 9.17) is 5.73 Å². The molecule has 0 spiro atoms. The van der Waals surface area contributed by atoms with Crippen molar-refractivity contribution in [3.8, 4) is 0 Å². The van der Waals surface area contributed by atoms with Crippen LogP contribution in [-0.2, 0) is 6.42 Å². The Hall–Kier alpha value is -0.990. The van der Waals surface area contributed by atoms with Crippen molar-refractivity contribution in [2.75, 3.05) is 5.73 Å². The van der Waals surface area contributed by atoms with E-state index in [0.717, 1.165) is 30.1 Å². The minimum Gasteiger partial charge on any atom is -0.382 e. The van der Waals surface area contributed by atoms with Crippen molar-refractivity contribution in [2.45, 2.75) is 51.5 Å². The van der Waals surface area contributed by atoms with E-state index < -0.39 is 0 Å². The van der Waals surface area contributed by atoms with Gasteiger partial charge in [0, 0.05) is 11.8 Å². The maximum absolute atomic E-state index is 5.92. The molecule has 4 bridgehead atoms. The minimum absolute atomic E-state index is 0.657. The van der Waals surface area contributed by atoms with Gasteiger partial charge in [0.15, 0.2) is 0 Å². The Bertz CT molecular complexity index is 434. The van der Waals surface area contributed by atoms with Crippen LogP contribution in [0.2, 0.25) is 0 Å². The van der Waals surface area contributed by atoms with Crippen LogP contribution in [0.5, 0.6) is 0 Å². The van der Waals surface area contributed by atoms with E-state index in [2.05, 4.69) is 22.8 Å². The highest BCUT2D eigenvalue weighted by atomic mass is 15.3. The van der Waals surface area contributed by atoms with Crippen LogP contribution in [0.25, 0.3) is 0 Å². The van der Waals surface area contributed by atoms with Gasteiger partial charge < -0.3 is 5.73 Å². The van der Waals surface area contributed by atoms with Crippen LogP contribution in [0.15, 0.2) is 6.07 Å². The van der Waals surface area contributed by atoms with Crippen molar-refractivity contribution >= 4 is 5.82 Å². The first kappa shape index (κ1) is 10.9. The summed E-state index contributed by atoms with van der Waals surface area (Å²) in [5.41, 5.74) is 7.25. The molecule has 4 aliphatic rings. The van der Waals surface area contributed by atoms with E-state index in [9.17, 15) is 0 Å². The molecule has 1 aromatic rings. The molecule has 3 heteroatoms. The van der Waals surface area contributed by atoms with E-state index >= 15 is 0 Å². The van der Waals surface area contributed by atoms with Gasteiger partial charge in [-0.2, -0.15) is 5.10 Å². The van der Waals surface area contributed by atoms with Crippen LogP contribution in [-0.4, -0.2) is 9.78 Å². The molecule has 0 aromatic carbocycles. The van der Waals surface area contributed by atoms with Crippen LogP contribution in [0.1, 0.15) is 50.8 Å². The van der Waals surface area contributed by atoms with Gasteiger partial charge in [-0.05, 0) is 62.2 Å². The smallest absolute Gasteiger partial charge is 0.145 e. The fourth-order valence-corrected chi connectivity index (χ4v) is 5.27. The summed E-state index contributed by atoms with van der Waals surface area (Å²) >= 11 is 0. The molecule has 0 atom stereocenters. The zero-order valence-corrected chi connectivity index (χ0v) is 11.2. The molecule has 4 saturated carbocycles. The third-order valence-electron chi connectivity index (χ3n) is 5.65. The normalized spacial score (nSPS) is 41.5. The molecular formula is C15H23N3. The summed E-state index contributed by atoms with van der Waals surface area (Å²) in [5, 5.41) is 4.62. The molecule has 98 valence electrons. The fourth-order valence-electron chi connectivity index (χ4n) is 5.27. The first-order valence-electron chi connectivity index (χ1n) is 7.58. The van der Waals surface area contributed by atoms with Gasteiger partial charge in [0.1, 0.15) is 5.82 Å². The number of hydrogen-bond donors (Lipinski definition) is 1. The SMILES string of the molecule is CCc1cc(N)nn1C1C2CC3CC(C2)CC1C3. The van der Waals surface area contributed by atoms with Gasteiger partial charge in [-0.3, -0.25) is 4.68 Å². The van der Waals surface area contributed by atoms with Crippen LogP contribution in [0, 0.1) is 23.7 Å². The maximum Gasteiger partial charge on any atom is 0.145 e. The third-order valence-corrected chi connectivity index (χ3v) is 5.65. The van der Waals surface area contributed by atoms with Gasteiger partial charge in [-0.25, -0.2) is 0 Å². The van der Waals surface area contributed by atoms with Gasteiger partial charge in [0.2, 0.25) is 0 Å². The molecule has 5 rings (SSSR count). The van der Waals surface area contributed by atoms with Gasteiger partial charge in [0.25, 0.3) is 0 Å². The zero-order chi connectivity index (χ0) is 12.3. The highest BCUT2D eigenvalue weighted by Gasteiger charge is 2.49. The number of anilines is 1. The van der Waals surface area contributed by atoms with Crippen LogP contribution < -0.4 is 5.73 Å². The number of aromatic nitrogens is 2. The number of nitrogens with two attached hydrogens (primary N) is 1. The molecule has 0 amide bonds. The highest BCUT2D eigenvalue weighted by molar-refractivity contribution is 5.30. The Morgan fingerprint density at radius 3 is 2.33 bits per heavy atom. The van der Waals surface area contributed by atoms with Crippen LogP contribution >= 0.6 is 0 Å². The summed E-state index contributed by atoms with van der Waals surface area (Å²) in [4.78, 5) is 0. The average Bonchev–Trinajstić information content (AvgIpc) is 2.69. The van der Waals surface area contributed by atoms with Crippen molar-refractivity contribution in [3.63, 3.8) is 0 Å². The largest absolute Gasteiger partial charge is 0.382 e. The Balaban J connectivity index is 1.72. The maximum atomic E-state index is 5.92. The number of hydrogen-bond acceptors (Lipinski definition) is 2. The average molecular weight is 245 g/mol. The number of nitrogens with zero attached hydrogens (tertiary/aromatic N) is 2. The monoisotopic (exact) mass is 245 g/mol. The summed E-state index contributed by atoms with van der Waals surface area (Å²) in [6, 6.07) is 2.73. The molecular weight excluding hydrogens is 222 g/mol. The second kappa shape index (κ2) is 3.75. The summed E-state index contributed by atoms with van der Waals surface area (Å²) in [6.45, 7) is 2.21. The molecule has 1 heterocycles. The topological polar surface area (TPSA) is 43.8 Å². The van der Waals surface area contributed by atoms with E-state index in [1.165, 1.54) is 37.8 Å². The van der Waals surface area contributed by atoms with E-state index in [-0.39, 0.29) is 0 Å². The van der Waals surface area contributed by atoms with Crippen molar-refractivity contribution in [1.82, 2.24) is 9.78 Å². The van der Waals surface area contributed by atoms with Crippen molar-refractivity contribution < 1.29 is 0 Å². The lowest BCUT2D eigenvalue weighted by Crippen LogP contribution is -2.46. The number of nitrogen functional groups attached to an aromatic ring is 1. The molecule has 2 N–H and O–H groups in total. The second-order valence-corrected chi connectivity index (χ2v) is 6.78. The molecule has 4 fully saturated rings. The lowest BCUT2D eigenvalue weighted by molar-refractivity contribution is -0.0345. The molecule has 1 aromatic heterocycles. The van der Waals surface area contributed by atoms with Crippen molar-refractivity contribution in [3.05, 3.63) is 11.8 Å². The predicted molar refractivity (Wildman–Crippen MR) is 72.1 cm³/mol. The summed E-state index contributed by atoms with van der Waals surface area (Å²) in [6.07, 6.45) is 8.34. The zero-order valence-electron chi connectivity index (χ0n) is 11.2. The first-order valence-corrected chi connectivity index (χ1v) is 7.58. The third kappa shape index (κ3) is 1.45. The van der Waals surface area contributed by atoms with E-state index in [1.807, 2.05) is 0 Å². The van der Waals surface area contributed by atoms with Gasteiger partial charge >= 0.3 is 0 Å². The lowest BCUT2D eigenvalue weighted by atomic mass is 9.54. The quantitative estimate of drug-likeness (QED) is 0.870. The molecule has 0 saturated heterocycles. The molecule has 0 aliphatic heterocycles. The van der Waals surface area contributed by atoms with Crippen molar-refractivity contribution in [1.29, 1.82) is 0 Å². The lowest BCUT2D eigenvalue weighted by Gasteiger charge is -2.54. The Labute approximate surface area is 109 Å². The molecule has 0 radical (unpaired) electrons. The predicted octanol–water partition coefficient (Wildman–Crippen LogP) is 3.02. The van der Waals surface area contributed by atoms with Gasteiger partial charge in [0.05, 0.1) is 6.04 Å². The minimum atomic E-state index is 0.657. The van der Waals surface area contributed by atoms with Crippen molar-refractivity contribution in [2.24, 2.45) is 23.7 Å². The fraction of sp³-hybridized carbons (Fsp3) is 0.800. The molecule has 3 nitrogen and oxygen atoms in total. The Morgan fingerprint density at radius 1 is 1.17 bits per heavy atom. The van der Waals surface area contributed by atoms with Gasteiger partial charge in [-0.15, -0.1) is 0 Å². The Morgan fingerprint density at radius 2 is 1.78 bits per heavy atom. The Kier molecular flexibility index (Phi) is 2.27. The van der Waals surface area contributed by atoms with E-state index in [1.54, 1.807) is 0 Å². The van der Waals surface area contributed by atoms with Crippen LogP contribution in [0.4, 0.5) is 5.82 Å². The summed E-state index contributed by atoms with van der Waals surface area (Å²) in [5.74, 6) is 4.53. The molecule has 18 heavy (non-hydrogen) atoms. The first-order chi connectivity index (χ1) is 8.74. The van der Waals surface area contributed by atoms with Gasteiger partial charge in [-0.1, -0.05) is 6.92 Å².